The average molecular weight is 509 g/mol. The summed E-state index contributed by atoms with van der Waals surface area (Å²) in [7, 11) is -2.13. The van der Waals surface area contributed by atoms with E-state index in [9.17, 15) is 13.2 Å². The number of para-hydroxylation sites is 1. The minimum Gasteiger partial charge on any atom is -0.328 e. The zero-order valence-corrected chi connectivity index (χ0v) is 20.9. The number of amides is 1. The fourth-order valence-electron chi connectivity index (χ4n) is 3.65. The van der Waals surface area contributed by atoms with Gasteiger partial charge < -0.3 is 4.90 Å². The van der Waals surface area contributed by atoms with E-state index in [1.165, 1.54) is 12.1 Å². The second kappa shape index (κ2) is 10.3. The molecule has 4 aromatic rings. The summed E-state index contributed by atoms with van der Waals surface area (Å²) >= 11 is 6.33. The van der Waals surface area contributed by atoms with Crippen molar-refractivity contribution in [2.75, 3.05) is 4.72 Å². The van der Waals surface area contributed by atoms with Gasteiger partial charge in [0.1, 0.15) is 5.69 Å². The molecule has 1 heterocycles. The second-order valence-electron chi connectivity index (χ2n) is 8.21. The fourth-order valence-corrected chi connectivity index (χ4v) is 4.97. The Kier molecular flexibility index (Phi) is 7.23. The maximum atomic E-state index is 13.8. The van der Waals surface area contributed by atoms with Gasteiger partial charge in [-0.15, -0.1) is 0 Å². The van der Waals surface area contributed by atoms with Gasteiger partial charge in [0.2, 0.25) is 0 Å². The molecule has 0 atom stereocenters. The van der Waals surface area contributed by atoms with Crippen LogP contribution in [-0.2, 0) is 30.2 Å². The highest BCUT2D eigenvalue weighted by molar-refractivity contribution is 7.92. The van der Waals surface area contributed by atoms with Crippen LogP contribution in [0.15, 0.2) is 90.0 Å². The number of rotatable bonds is 8. The summed E-state index contributed by atoms with van der Waals surface area (Å²) in [5.41, 5.74) is 2.85. The summed E-state index contributed by atoms with van der Waals surface area (Å²) < 4.78 is 30.2. The minimum absolute atomic E-state index is 0.117. The van der Waals surface area contributed by atoms with Crippen molar-refractivity contribution >= 4 is 33.2 Å². The fraction of sp³-hybridized carbons (Fsp3) is 0.154. The van der Waals surface area contributed by atoms with Gasteiger partial charge in [-0.1, -0.05) is 71.8 Å². The van der Waals surface area contributed by atoms with Gasteiger partial charge in [-0.05, 0) is 36.8 Å². The van der Waals surface area contributed by atoms with Gasteiger partial charge in [0.25, 0.3) is 15.9 Å². The number of hydrogen-bond donors (Lipinski definition) is 1. The summed E-state index contributed by atoms with van der Waals surface area (Å²) in [5, 5.41) is 4.83. The van der Waals surface area contributed by atoms with E-state index in [0.717, 1.165) is 11.1 Å². The molecular formula is C26H25ClN4O3S. The van der Waals surface area contributed by atoms with Gasteiger partial charge in [-0.3, -0.25) is 14.2 Å². The van der Waals surface area contributed by atoms with E-state index in [2.05, 4.69) is 9.82 Å². The van der Waals surface area contributed by atoms with Gasteiger partial charge in [0.15, 0.2) is 0 Å². The maximum Gasteiger partial charge on any atom is 0.261 e. The Hall–Kier alpha value is -3.62. The minimum atomic E-state index is -3.89. The summed E-state index contributed by atoms with van der Waals surface area (Å²) in [5.74, 6) is -0.349. The molecule has 35 heavy (non-hydrogen) atoms. The SMILES string of the molecule is Cc1ccc(S(=O)(=O)Nc2ccccc2C(=O)N(Cc2ccccc2)Cc2nn(C)cc2Cl)cc1. The number of halogens is 1. The highest BCUT2D eigenvalue weighted by Gasteiger charge is 2.24. The molecule has 1 N–H and O–H groups in total. The number of nitrogens with one attached hydrogen (secondary N) is 1. The lowest BCUT2D eigenvalue weighted by Gasteiger charge is -2.24. The molecule has 9 heteroatoms. The van der Waals surface area contributed by atoms with Crippen LogP contribution in [0.1, 0.15) is 27.2 Å². The summed E-state index contributed by atoms with van der Waals surface area (Å²) in [6.45, 7) is 2.34. The van der Waals surface area contributed by atoms with Crippen molar-refractivity contribution in [3.05, 3.63) is 112 Å². The van der Waals surface area contributed by atoms with E-state index in [1.807, 2.05) is 37.3 Å². The molecular weight excluding hydrogens is 484 g/mol. The van der Waals surface area contributed by atoms with E-state index in [0.29, 0.717) is 17.3 Å². The van der Waals surface area contributed by atoms with Gasteiger partial charge in [0.05, 0.1) is 27.7 Å². The van der Waals surface area contributed by atoms with Crippen LogP contribution in [0.25, 0.3) is 0 Å². The Labute approximate surface area is 210 Å². The number of sulfonamides is 1. The zero-order chi connectivity index (χ0) is 25.0. The molecule has 0 aliphatic rings. The Morgan fingerprint density at radius 2 is 1.63 bits per heavy atom. The first-order chi connectivity index (χ1) is 16.7. The third-order valence-electron chi connectivity index (χ3n) is 5.43. The summed E-state index contributed by atoms with van der Waals surface area (Å²) in [6.07, 6.45) is 1.67. The zero-order valence-electron chi connectivity index (χ0n) is 19.3. The summed E-state index contributed by atoms with van der Waals surface area (Å²) in [6, 6.07) is 22.6. The molecule has 0 radical (unpaired) electrons. The number of carbonyl (C=O) groups is 1. The van der Waals surface area contributed by atoms with Crippen LogP contribution in [0.4, 0.5) is 5.69 Å². The van der Waals surface area contributed by atoms with Crippen LogP contribution in [0.3, 0.4) is 0 Å². The molecule has 0 bridgehead atoms. The molecule has 1 aromatic heterocycles. The maximum absolute atomic E-state index is 13.8. The van der Waals surface area contributed by atoms with E-state index in [4.69, 9.17) is 11.6 Å². The molecule has 0 saturated carbocycles. The van der Waals surface area contributed by atoms with Crippen molar-refractivity contribution in [2.24, 2.45) is 7.05 Å². The Balaban J connectivity index is 1.67. The van der Waals surface area contributed by atoms with E-state index >= 15 is 0 Å². The van der Waals surface area contributed by atoms with Crippen molar-refractivity contribution in [1.29, 1.82) is 0 Å². The highest BCUT2D eigenvalue weighted by atomic mass is 35.5. The normalized spacial score (nSPS) is 11.3. The topological polar surface area (TPSA) is 84.3 Å². The number of anilines is 1. The first-order valence-electron chi connectivity index (χ1n) is 10.9. The number of aryl methyl sites for hydroxylation is 2. The Morgan fingerprint density at radius 3 is 2.29 bits per heavy atom. The predicted molar refractivity (Wildman–Crippen MR) is 137 cm³/mol. The predicted octanol–water partition coefficient (Wildman–Crippen LogP) is 5.03. The van der Waals surface area contributed by atoms with Crippen LogP contribution in [-0.4, -0.2) is 29.0 Å². The van der Waals surface area contributed by atoms with Crippen LogP contribution < -0.4 is 4.72 Å². The lowest BCUT2D eigenvalue weighted by atomic mass is 10.1. The lowest BCUT2D eigenvalue weighted by molar-refractivity contribution is 0.0728. The third kappa shape index (κ3) is 5.90. The number of benzene rings is 3. The molecule has 4 rings (SSSR count). The van der Waals surface area contributed by atoms with Crippen LogP contribution in [0.5, 0.6) is 0 Å². The number of hydrogen-bond acceptors (Lipinski definition) is 4. The van der Waals surface area contributed by atoms with Crippen LogP contribution in [0.2, 0.25) is 5.02 Å². The first-order valence-corrected chi connectivity index (χ1v) is 12.8. The first kappa shape index (κ1) is 24.5. The van der Waals surface area contributed by atoms with Crippen molar-refractivity contribution in [3.63, 3.8) is 0 Å². The number of nitrogens with zero attached hydrogens (tertiary/aromatic N) is 3. The Morgan fingerprint density at radius 1 is 0.971 bits per heavy atom. The van der Waals surface area contributed by atoms with Gasteiger partial charge >= 0.3 is 0 Å². The third-order valence-corrected chi connectivity index (χ3v) is 7.13. The molecule has 0 spiro atoms. The van der Waals surface area contributed by atoms with Crippen molar-refractivity contribution in [1.82, 2.24) is 14.7 Å². The molecule has 1 amide bonds. The number of aromatic nitrogens is 2. The highest BCUT2D eigenvalue weighted by Crippen LogP contribution is 2.25. The van der Waals surface area contributed by atoms with E-state index in [-0.39, 0.29) is 28.6 Å². The molecule has 0 unspecified atom stereocenters. The van der Waals surface area contributed by atoms with Gasteiger partial charge in [0, 0.05) is 19.8 Å². The molecule has 3 aromatic carbocycles. The molecule has 7 nitrogen and oxygen atoms in total. The Bertz CT molecular complexity index is 1440. The lowest BCUT2D eigenvalue weighted by Crippen LogP contribution is -2.31. The van der Waals surface area contributed by atoms with Crippen molar-refractivity contribution < 1.29 is 13.2 Å². The quantitative estimate of drug-likeness (QED) is 0.362. The molecule has 0 aliphatic carbocycles. The molecule has 0 saturated heterocycles. The van der Waals surface area contributed by atoms with Crippen molar-refractivity contribution in [2.45, 2.75) is 24.9 Å². The number of carbonyl (C=O) groups excluding carboxylic acids is 1. The van der Waals surface area contributed by atoms with Crippen molar-refractivity contribution in [3.8, 4) is 0 Å². The van der Waals surface area contributed by atoms with E-state index < -0.39 is 10.0 Å². The van der Waals surface area contributed by atoms with Crippen LogP contribution in [0, 0.1) is 6.92 Å². The smallest absolute Gasteiger partial charge is 0.261 e. The van der Waals surface area contributed by atoms with Crippen LogP contribution >= 0.6 is 11.6 Å². The monoisotopic (exact) mass is 508 g/mol. The second-order valence-corrected chi connectivity index (χ2v) is 10.3. The van der Waals surface area contributed by atoms with Gasteiger partial charge in [-0.25, -0.2) is 8.42 Å². The average Bonchev–Trinajstić information content (AvgIpc) is 3.15. The molecule has 0 aliphatic heterocycles. The van der Waals surface area contributed by atoms with Gasteiger partial charge in [-0.2, -0.15) is 5.10 Å². The summed E-state index contributed by atoms with van der Waals surface area (Å²) in [4.78, 5) is 15.5. The standard InChI is InChI=1S/C26H25ClN4O3S/c1-19-12-14-21(15-13-19)35(33,34)29-24-11-7-6-10-22(24)26(32)31(16-20-8-4-3-5-9-20)18-25-23(27)17-30(2)28-25/h3-15,17,29H,16,18H2,1-2H3. The molecule has 180 valence electrons. The largest absolute Gasteiger partial charge is 0.328 e. The molecule has 0 fully saturated rings. The van der Waals surface area contributed by atoms with E-state index in [1.54, 1.807) is 59.2 Å².